The first-order valence-corrected chi connectivity index (χ1v) is 13.6. The lowest BCUT2D eigenvalue weighted by atomic mass is 9.86. The third-order valence-corrected chi connectivity index (χ3v) is 7.26. The number of rotatable bonds is 15. The summed E-state index contributed by atoms with van der Waals surface area (Å²) in [6, 6.07) is 12.6. The zero-order chi connectivity index (χ0) is 32.1. The van der Waals surface area contributed by atoms with Gasteiger partial charge in [0.15, 0.2) is 11.2 Å². The SMILES string of the molecule is CC1(C(OC(CN(CC(=O)O)Cc2ccccc2O)N(CC(=O)O)Cc2ccccc2O)C2(C)COC(=O)O2)COC(=O)O1. The highest BCUT2D eigenvalue weighted by Gasteiger charge is 2.59. The Hall–Kier alpha value is -4.60. The molecule has 2 aromatic rings. The summed E-state index contributed by atoms with van der Waals surface area (Å²) in [6.45, 7) is 0.645. The van der Waals surface area contributed by atoms with Gasteiger partial charge in [0.25, 0.3) is 0 Å². The molecule has 4 rings (SSSR count). The van der Waals surface area contributed by atoms with Gasteiger partial charge < -0.3 is 44.1 Å². The molecule has 238 valence electrons. The van der Waals surface area contributed by atoms with Gasteiger partial charge in [0.2, 0.25) is 0 Å². The van der Waals surface area contributed by atoms with Crippen LogP contribution < -0.4 is 0 Å². The highest BCUT2D eigenvalue weighted by atomic mass is 16.8. The smallest absolute Gasteiger partial charge is 0.508 e. The fourth-order valence-corrected chi connectivity index (χ4v) is 5.28. The van der Waals surface area contributed by atoms with Crippen LogP contribution in [0.5, 0.6) is 11.5 Å². The molecule has 0 amide bonds. The van der Waals surface area contributed by atoms with Gasteiger partial charge in [-0.25, -0.2) is 9.59 Å². The maximum absolute atomic E-state index is 12.1. The molecule has 2 heterocycles. The fraction of sp³-hybridized carbons (Fsp3) is 0.448. The quantitative estimate of drug-likeness (QED) is 0.167. The summed E-state index contributed by atoms with van der Waals surface area (Å²) in [7, 11) is 0. The number of aliphatic carboxylic acids is 2. The molecule has 2 saturated heterocycles. The molecule has 0 aromatic heterocycles. The summed E-state index contributed by atoms with van der Waals surface area (Å²) in [5, 5.41) is 40.5. The Morgan fingerprint density at radius 3 is 1.73 bits per heavy atom. The van der Waals surface area contributed by atoms with Gasteiger partial charge >= 0.3 is 24.2 Å². The molecule has 2 aromatic carbocycles. The number of aromatic hydroxyl groups is 2. The summed E-state index contributed by atoms with van der Waals surface area (Å²) in [5.41, 5.74) is -2.38. The van der Waals surface area contributed by atoms with Gasteiger partial charge in [0.1, 0.15) is 37.0 Å². The number of carbonyl (C=O) groups is 4. The fourth-order valence-electron chi connectivity index (χ4n) is 5.28. The summed E-state index contributed by atoms with van der Waals surface area (Å²) < 4.78 is 27.5. The summed E-state index contributed by atoms with van der Waals surface area (Å²) >= 11 is 0. The summed E-state index contributed by atoms with van der Waals surface area (Å²) in [4.78, 5) is 50.9. The van der Waals surface area contributed by atoms with Crippen LogP contribution in [-0.2, 0) is 46.4 Å². The minimum absolute atomic E-state index is 0.0777. The second-order valence-electron chi connectivity index (χ2n) is 11.0. The van der Waals surface area contributed by atoms with Crippen molar-refractivity contribution < 1.29 is 63.3 Å². The topological polar surface area (TPSA) is 202 Å². The highest BCUT2D eigenvalue weighted by molar-refractivity contribution is 5.69. The van der Waals surface area contributed by atoms with Gasteiger partial charge in [-0.15, -0.1) is 0 Å². The number of cyclic esters (lactones) is 4. The van der Waals surface area contributed by atoms with E-state index in [1.54, 1.807) is 36.4 Å². The van der Waals surface area contributed by atoms with Gasteiger partial charge in [-0.2, -0.15) is 0 Å². The molecule has 2 aliphatic rings. The molecule has 2 aliphatic heterocycles. The van der Waals surface area contributed by atoms with E-state index in [-0.39, 0.29) is 44.3 Å². The molecule has 0 bridgehead atoms. The monoisotopic (exact) mass is 618 g/mol. The molecule has 15 heteroatoms. The molecule has 3 atom stereocenters. The van der Waals surface area contributed by atoms with E-state index >= 15 is 0 Å². The second-order valence-corrected chi connectivity index (χ2v) is 11.0. The van der Waals surface area contributed by atoms with Crippen LogP contribution in [0, 0.1) is 0 Å². The van der Waals surface area contributed by atoms with Crippen molar-refractivity contribution in [3.05, 3.63) is 59.7 Å². The third kappa shape index (κ3) is 7.86. The number of carboxylic acid groups (broad SMARTS) is 2. The Morgan fingerprint density at radius 1 is 0.818 bits per heavy atom. The van der Waals surface area contributed by atoms with E-state index in [4.69, 9.17) is 23.7 Å². The average molecular weight is 619 g/mol. The number of carboxylic acids is 2. The third-order valence-electron chi connectivity index (χ3n) is 7.26. The van der Waals surface area contributed by atoms with Crippen molar-refractivity contribution in [2.75, 3.05) is 32.8 Å². The molecule has 2 fully saturated rings. The Kier molecular flexibility index (Phi) is 9.81. The van der Waals surface area contributed by atoms with Crippen molar-refractivity contribution in [1.29, 1.82) is 0 Å². The average Bonchev–Trinajstić information content (AvgIpc) is 3.48. The molecular weight excluding hydrogens is 584 g/mol. The van der Waals surface area contributed by atoms with Crippen molar-refractivity contribution in [3.63, 3.8) is 0 Å². The van der Waals surface area contributed by atoms with Crippen molar-refractivity contribution in [2.24, 2.45) is 0 Å². The van der Waals surface area contributed by atoms with E-state index in [0.717, 1.165) is 0 Å². The maximum atomic E-state index is 12.1. The lowest BCUT2D eigenvalue weighted by molar-refractivity contribution is -0.219. The number of ether oxygens (including phenoxy) is 5. The van der Waals surface area contributed by atoms with E-state index in [0.29, 0.717) is 11.1 Å². The Morgan fingerprint density at radius 2 is 1.30 bits per heavy atom. The zero-order valence-corrected chi connectivity index (χ0v) is 24.1. The van der Waals surface area contributed by atoms with Crippen molar-refractivity contribution in [3.8, 4) is 11.5 Å². The lowest BCUT2D eigenvalue weighted by Gasteiger charge is -2.43. The lowest BCUT2D eigenvalue weighted by Crippen LogP contribution is -2.61. The largest absolute Gasteiger partial charge is 0.509 e. The first-order valence-electron chi connectivity index (χ1n) is 13.6. The van der Waals surface area contributed by atoms with Crippen molar-refractivity contribution in [1.82, 2.24) is 9.80 Å². The number of phenols is 2. The van der Waals surface area contributed by atoms with Crippen LogP contribution in [0.2, 0.25) is 0 Å². The van der Waals surface area contributed by atoms with Crippen LogP contribution in [0.3, 0.4) is 0 Å². The normalized spacial score (nSPS) is 22.6. The Balaban J connectivity index is 1.78. The predicted octanol–water partition coefficient (Wildman–Crippen LogP) is 2.13. The summed E-state index contributed by atoms with van der Waals surface area (Å²) in [5.74, 6) is -2.68. The van der Waals surface area contributed by atoms with Crippen molar-refractivity contribution >= 4 is 24.2 Å². The number of para-hydroxylation sites is 2. The van der Waals surface area contributed by atoms with E-state index in [2.05, 4.69) is 0 Å². The van der Waals surface area contributed by atoms with Gasteiger partial charge in [-0.05, 0) is 26.0 Å². The van der Waals surface area contributed by atoms with Crippen LogP contribution in [0.15, 0.2) is 48.5 Å². The first kappa shape index (κ1) is 32.3. The van der Waals surface area contributed by atoms with Crippen LogP contribution in [0.1, 0.15) is 25.0 Å². The first-order chi connectivity index (χ1) is 20.8. The van der Waals surface area contributed by atoms with Crippen molar-refractivity contribution in [2.45, 2.75) is 50.5 Å². The molecule has 4 N–H and O–H groups in total. The van der Waals surface area contributed by atoms with E-state index in [9.17, 15) is 39.6 Å². The number of nitrogens with zero attached hydrogens (tertiary/aromatic N) is 2. The molecule has 0 radical (unpaired) electrons. The summed E-state index contributed by atoms with van der Waals surface area (Å²) in [6.07, 6.45) is -4.63. The van der Waals surface area contributed by atoms with Gasteiger partial charge in [0.05, 0.1) is 13.1 Å². The zero-order valence-electron chi connectivity index (χ0n) is 24.1. The molecule has 0 spiro atoms. The minimum Gasteiger partial charge on any atom is -0.508 e. The molecule has 15 nitrogen and oxygen atoms in total. The number of carbonyl (C=O) groups excluding carboxylic acids is 2. The van der Waals surface area contributed by atoms with Gasteiger partial charge in [0, 0.05) is 30.8 Å². The van der Waals surface area contributed by atoms with Crippen LogP contribution >= 0.6 is 0 Å². The molecule has 0 aliphatic carbocycles. The number of hydrogen-bond acceptors (Lipinski definition) is 13. The Labute approximate surface area is 252 Å². The number of hydrogen-bond donors (Lipinski definition) is 4. The van der Waals surface area contributed by atoms with Crippen LogP contribution in [-0.4, -0.2) is 111 Å². The highest BCUT2D eigenvalue weighted by Crippen LogP contribution is 2.38. The second kappa shape index (κ2) is 13.4. The predicted molar refractivity (Wildman–Crippen MR) is 148 cm³/mol. The number of phenolic OH excluding ortho intramolecular Hbond substituents is 2. The van der Waals surface area contributed by atoms with Gasteiger partial charge in [-0.3, -0.25) is 19.4 Å². The van der Waals surface area contributed by atoms with E-state index in [1.165, 1.54) is 35.8 Å². The standard InChI is InChI=1S/C29H34N2O13/c1-28(16-40-26(38)43-28)25(29(2)17-41-27(39)44-29)42-22(31(15-24(36)37)12-19-8-4-6-10-21(19)33)13-30(14-23(34)35)11-18-7-3-5-9-20(18)32/h3-10,22,25,32-33H,11-17H2,1-2H3,(H,34,35)(H,36,37). The van der Waals surface area contributed by atoms with Crippen LogP contribution in [0.4, 0.5) is 9.59 Å². The molecule has 0 saturated carbocycles. The number of benzene rings is 2. The van der Waals surface area contributed by atoms with Crippen LogP contribution in [0.25, 0.3) is 0 Å². The molecule has 44 heavy (non-hydrogen) atoms. The molecule has 3 unspecified atom stereocenters. The minimum atomic E-state index is -1.56. The van der Waals surface area contributed by atoms with E-state index in [1.807, 2.05) is 0 Å². The van der Waals surface area contributed by atoms with E-state index < -0.39 is 60.9 Å². The van der Waals surface area contributed by atoms with Gasteiger partial charge in [-0.1, -0.05) is 36.4 Å². The molecular formula is C29H34N2O13. The Bertz CT molecular complexity index is 1350. The maximum Gasteiger partial charge on any atom is 0.509 e.